The van der Waals surface area contributed by atoms with Crippen LogP contribution in [0.4, 0.5) is 4.79 Å². The van der Waals surface area contributed by atoms with Gasteiger partial charge in [-0.05, 0) is 17.5 Å². The number of nitrogens with zero attached hydrogens (tertiary/aromatic N) is 2. The van der Waals surface area contributed by atoms with E-state index in [0.717, 1.165) is 24.1 Å². The van der Waals surface area contributed by atoms with E-state index in [2.05, 4.69) is 6.92 Å². The normalized spacial score (nSPS) is 14.2. The Labute approximate surface area is 125 Å². The SMILES string of the molecule is CCCN(Cc1ccccc1CN1CCOC1=O)C(C)=O. The van der Waals surface area contributed by atoms with Gasteiger partial charge in [-0.25, -0.2) is 4.79 Å². The first-order valence-corrected chi connectivity index (χ1v) is 7.35. The zero-order valence-corrected chi connectivity index (χ0v) is 12.7. The number of carbonyl (C=O) groups excluding carboxylic acids is 2. The van der Waals surface area contributed by atoms with Gasteiger partial charge in [-0.2, -0.15) is 0 Å². The molecule has 1 aliphatic rings. The summed E-state index contributed by atoms with van der Waals surface area (Å²) < 4.78 is 4.96. The molecule has 0 aliphatic carbocycles. The van der Waals surface area contributed by atoms with Gasteiger partial charge in [0.15, 0.2) is 0 Å². The van der Waals surface area contributed by atoms with Crippen molar-refractivity contribution >= 4 is 12.0 Å². The minimum absolute atomic E-state index is 0.0761. The molecule has 1 aromatic rings. The highest BCUT2D eigenvalue weighted by atomic mass is 16.6. The molecule has 2 rings (SSSR count). The van der Waals surface area contributed by atoms with Crippen molar-refractivity contribution in [2.24, 2.45) is 0 Å². The molecule has 0 unspecified atom stereocenters. The largest absolute Gasteiger partial charge is 0.448 e. The lowest BCUT2D eigenvalue weighted by atomic mass is 10.1. The van der Waals surface area contributed by atoms with E-state index in [1.54, 1.807) is 11.8 Å². The number of benzene rings is 1. The molecule has 2 amide bonds. The van der Waals surface area contributed by atoms with Gasteiger partial charge >= 0.3 is 6.09 Å². The lowest BCUT2D eigenvalue weighted by molar-refractivity contribution is -0.129. The zero-order chi connectivity index (χ0) is 15.2. The third-order valence-corrected chi connectivity index (χ3v) is 3.62. The Morgan fingerprint density at radius 1 is 1.33 bits per heavy atom. The first kappa shape index (κ1) is 15.4. The van der Waals surface area contributed by atoms with E-state index in [1.165, 1.54) is 0 Å². The summed E-state index contributed by atoms with van der Waals surface area (Å²) >= 11 is 0. The second-order valence-electron chi connectivity index (χ2n) is 5.25. The molecule has 5 heteroatoms. The van der Waals surface area contributed by atoms with Crippen LogP contribution in [0.5, 0.6) is 0 Å². The fourth-order valence-electron chi connectivity index (χ4n) is 2.46. The summed E-state index contributed by atoms with van der Waals surface area (Å²) in [5, 5.41) is 0. The number of amides is 2. The fraction of sp³-hybridized carbons (Fsp3) is 0.500. The van der Waals surface area contributed by atoms with Crippen molar-refractivity contribution < 1.29 is 14.3 Å². The quantitative estimate of drug-likeness (QED) is 0.808. The van der Waals surface area contributed by atoms with Gasteiger partial charge in [0, 0.05) is 26.6 Å². The Morgan fingerprint density at radius 3 is 2.62 bits per heavy atom. The Kier molecular flexibility index (Phi) is 5.20. The van der Waals surface area contributed by atoms with Crippen LogP contribution in [0.1, 0.15) is 31.4 Å². The van der Waals surface area contributed by atoms with Crippen LogP contribution in [0.3, 0.4) is 0 Å². The van der Waals surface area contributed by atoms with Crippen molar-refractivity contribution in [1.29, 1.82) is 0 Å². The maximum Gasteiger partial charge on any atom is 0.410 e. The van der Waals surface area contributed by atoms with Gasteiger partial charge in [-0.1, -0.05) is 31.2 Å². The molecule has 0 aromatic heterocycles. The molecule has 0 atom stereocenters. The minimum atomic E-state index is -0.262. The maximum atomic E-state index is 11.7. The number of hydrogen-bond donors (Lipinski definition) is 0. The minimum Gasteiger partial charge on any atom is -0.448 e. The standard InChI is InChI=1S/C16H22N2O3/c1-3-8-17(13(2)19)11-14-6-4-5-7-15(14)12-18-9-10-21-16(18)20/h4-7H,3,8-12H2,1-2H3. The van der Waals surface area contributed by atoms with Crippen LogP contribution in [-0.4, -0.2) is 41.5 Å². The van der Waals surface area contributed by atoms with Gasteiger partial charge in [-0.15, -0.1) is 0 Å². The van der Waals surface area contributed by atoms with Gasteiger partial charge in [0.05, 0.1) is 6.54 Å². The van der Waals surface area contributed by atoms with Crippen LogP contribution in [-0.2, 0) is 22.6 Å². The van der Waals surface area contributed by atoms with Crippen LogP contribution in [0, 0.1) is 0 Å². The summed E-state index contributed by atoms with van der Waals surface area (Å²) in [6.07, 6.45) is 0.669. The van der Waals surface area contributed by atoms with Crippen molar-refractivity contribution in [3.63, 3.8) is 0 Å². The van der Waals surface area contributed by atoms with Gasteiger partial charge < -0.3 is 14.5 Å². The first-order chi connectivity index (χ1) is 10.1. The number of ether oxygens (including phenoxy) is 1. The van der Waals surface area contributed by atoms with Crippen molar-refractivity contribution in [2.45, 2.75) is 33.4 Å². The van der Waals surface area contributed by atoms with E-state index in [-0.39, 0.29) is 12.0 Å². The molecular formula is C16H22N2O3. The smallest absolute Gasteiger partial charge is 0.410 e. The summed E-state index contributed by atoms with van der Waals surface area (Å²) in [6, 6.07) is 7.94. The van der Waals surface area contributed by atoms with Crippen LogP contribution < -0.4 is 0 Å². The first-order valence-electron chi connectivity index (χ1n) is 7.35. The predicted molar refractivity (Wildman–Crippen MR) is 79.6 cm³/mol. The number of hydrogen-bond acceptors (Lipinski definition) is 3. The Balaban J connectivity index is 2.12. The van der Waals surface area contributed by atoms with Gasteiger partial charge in [0.1, 0.15) is 6.61 Å². The van der Waals surface area contributed by atoms with E-state index in [0.29, 0.717) is 26.2 Å². The average molecular weight is 290 g/mol. The molecule has 1 aromatic carbocycles. The van der Waals surface area contributed by atoms with E-state index in [9.17, 15) is 9.59 Å². The molecule has 1 aliphatic heterocycles. The molecule has 0 radical (unpaired) electrons. The Bertz CT molecular complexity index is 516. The second kappa shape index (κ2) is 7.11. The van der Waals surface area contributed by atoms with E-state index < -0.39 is 0 Å². The Hall–Kier alpha value is -2.04. The number of cyclic esters (lactones) is 1. The molecule has 0 bridgehead atoms. The lowest BCUT2D eigenvalue weighted by Crippen LogP contribution is -2.30. The molecule has 0 N–H and O–H groups in total. The van der Waals surface area contributed by atoms with Crippen molar-refractivity contribution in [1.82, 2.24) is 9.80 Å². The molecule has 1 fully saturated rings. The van der Waals surface area contributed by atoms with Crippen LogP contribution in [0.2, 0.25) is 0 Å². The van der Waals surface area contributed by atoms with Gasteiger partial charge in [0.25, 0.3) is 0 Å². The van der Waals surface area contributed by atoms with Crippen molar-refractivity contribution in [3.8, 4) is 0 Å². The molecule has 0 spiro atoms. The highest BCUT2D eigenvalue weighted by molar-refractivity contribution is 5.73. The highest BCUT2D eigenvalue weighted by Crippen LogP contribution is 2.17. The van der Waals surface area contributed by atoms with Crippen LogP contribution in [0.25, 0.3) is 0 Å². The molecule has 114 valence electrons. The summed E-state index contributed by atoms with van der Waals surface area (Å²) in [7, 11) is 0. The summed E-state index contributed by atoms with van der Waals surface area (Å²) in [4.78, 5) is 26.8. The fourth-order valence-corrected chi connectivity index (χ4v) is 2.46. The zero-order valence-electron chi connectivity index (χ0n) is 12.7. The third kappa shape index (κ3) is 3.97. The van der Waals surface area contributed by atoms with Crippen LogP contribution in [0.15, 0.2) is 24.3 Å². The van der Waals surface area contributed by atoms with Crippen molar-refractivity contribution in [2.75, 3.05) is 19.7 Å². The maximum absolute atomic E-state index is 11.7. The van der Waals surface area contributed by atoms with Crippen molar-refractivity contribution in [3.05, 3.63) is 35.4 Å². The summed E-state index contributed by atoms with van der Waals surface area (Å²) in [6.45, 7) is 6.59. The lowest BCUT2D eigenvalue weighted by Gasteiger charge is -2.23. The van der Waals surface area contributed by atoms with E-state index in [1.807, 2.05) is 29.2 Å². The molecule has 1 saturated heterocycles. The monoisotopic (exact) mass is 290 g/mol. The molecule has 5 nitrogen and oxygen atoms in total. The van der Waals surface area contributed by atoms with Crippen LogP contribution >= 0.6 is 0 Å². The third-order valence-electron chi connectivity index (χ3n) is 3.62. The second-order valence-corrected chi connectivity index (χ2v) is 5.25. The predicted octanol–water partition coefficient (Wildman–Crippen LogP) is 2.40. The topological polar surface area (TPSA) is 49.9 Å². The number of rotatable bonds is 6. The Morgan fingerprint density at radius 2 is 2.05 bits per heavy atom. The van der Waals surface area contributed by atoms with Gasteiger partial charge in [0.2, 0.25) is 5.91 Å². The number of carbonyl (C=O) groups is 2. The van der Waals surface area contributed by atoms with Gasteiger partial charge in [-0.3, -0.25) is 4.79 Å². The molecule has 21 heavy (non-hydrogen) atoms. The molecular weight excluding hydrogens is 268 g/mol. The highest BCUT2D eigenvalue weighted by Gasteiger charge is 2.23. The molecule has 1 heterocycles. The summed E-state index contributed by atoms with van der Waals surface area (Å²) in [5.41, 5.74) is 2.15. The van der Waals surface area contributed by atoms with E-state index in [4.69, 9.17) is 4.74 Å². The average Bonchev–Trinajstić information content (AvgIpc) is 2.85. The molecule has 0 saturated carbocycles. The summed E-state index contributed by atoms with van der Waals surface area (Å²) in [5.74, 6) is 0.0761. The van der Waals surface area contributed by atoms with E-state index >= 15 is 0 Å².